The molecule has 0 aliphatic carbocycles. The minimum absolute atomic E-state index is 0.0720. The Bertz CT molecular complexity index is 337. The molecule has 4 nitrogen and oxygen atoms in total. The Morgan fingerprint density at radius 2 is 1.86 bits per heavy atom. The minimum atomic E-state index is 0.0720. The van der Waals surface area contributed by atoms with Crippen molar-refractivity contribution in [1.82, 2.24) is 14.5 Å². The van der Waals surface area contributed by atoms with Gasteiger partial charge in [0.15, 0.2) is 0 Å². The molecule has 1 unspecified atom stereocenters. The third-order valence-corrected chi connectivity index (χ3v) is 2.36. The number of aromatic nitrogens is 2. The number of nitrogens with one attached hydrogen (secondary N) is 1. The largest absolute Gasteiger partial charge is 0.328 e. The van der Waals surface area contributed by atoms with Crippen LogP contribution >= 0.6 is 0 Å². The zero-order valence-electron chi connectivity index (χ0n) is 9.32. The zero-order valence-corrected chi connectivity index (χ0v) is 9.32. The van der Waals surface area contributed by atoms with E-state index in [-0.39, 0.29) is 17.8 Å². The topological polar surface area (TPSA) is 39.0 Å². The summed E-state index contributed by atoms with van der Waals surface area (Å²) >= 11 is 0. The van der Waals surface area contributed by atoms with E-state index < -0.39 is 0 Å². The van der Waals surface area contributed by atoms with E-state index in [9.17, 15) is 4.79 Å². The number of imidazole rings is 1. The highest BCUT2D eigenvalue weighted by Gasteiger charge is 2.10. The molecule has 0 radical (unpaired) electrons. The van der Waals surface area contributed by atoms with E-state index in [4.69, 9.17) is 0 Å². The maximum absolute atomic E-state index is 11.8. The molecule has 0 aliphatic heterocycles. The van der Waals surface area contributed by atoms with Crippen molar-refractivity contribution in [3.05, 3.63) is 22.9 Å². The fourth-order valence-corrected chi connectivity index (χ4v) is 1.53. The van der Waals surface area contributed by atoms with Gasteiger partial charge < -0.3 is 5.32 Å². The normalized spacial score (nSPS) is 13.5. The van der Waals surface area contributed by atoms with Crippen molar-refractivity contribution < 1.29 is 0 Å². The van der Waals surface area contributed by atoms with Gasteiger partial charge in [-0.25, -0.2) is 4.79 Å². The summed E-state index contributed by atoms with van der Waals surface area (Å²) in [6.07, 6.45) is 3.70. The first-order valence-corrected chi connectivity index (χ1v) is 5.01. The molecule has 0 saturated carbocycles. The zero-order chi connectivity index (χ0) is 10.7. The summed E-state index contributed by atoms with van der Waals surface area (Å²) in [7, 11) is 1.89. The number of nitrogens with zero attached hydrogens (tertiary/aromatic N) is 2. The molecule has 0 saturated heterocycles. The summed E-state index contributed by atoms with van der Waals surface area (Å²) in [5, 5.41) is 3.06. The fourth-order valence-electron chi connectivity index (χ4n) is 1.53. The van der Waals surface area contributed by atoms with E-state index in [2.05, 4.69) is 5.32 Å². The van der Waals surface area contributed by atoms with Gasteiger partial charge in [-0.3, -0.25) is 9.13 Å². The average Bonchev–Trinajstić information content (AvgIpc) is 2.47. The summed E-state index contributed by atoms with van der Waals surface area (Å²) in [4.78, 5) is 11.8. The van der Waals surface area contributed by atoms with Crippen LogP contribution in [0.15, 0.2) is 17.2 Å². The van der Waals surface area contributed by atoms with Crippen LogP contribution in [0.2, 0.25) is 0 Å². The molecular weight excluding hydrogens is 178 g/mol. The standard InChI is InChI=1S/C10H19N3O/c1-8(2)12-5-6-13(10(12)14)9(3)7-11-4/h5-6,8-9,11H,7H2,1-4H3. The number of hydrogen-bond acceptors (Lipinski definition) is 2. The van der Waals surface area contributed by atoms with Crippen molar-refractivity contribution in [2.75, 3.05) is 13.6 Å². The van der Waals surface area contributed by atoms with E-state index in [1.165, 1.54) is 0 Å². The summed E-state index contributed by atoms with van der Waals surface area (Å²) in [6, 6.07) is 0.429. The van der Waals surface area contributed by atoms with Crippen molar-refractivity contribution >= 4 is 0 Å². The highest BCUT2D eigenvalue weighted by atomic mass is 16.1. The van der Waals surface area contributed by atoms with E-state index in [0.717, 1.165) is 6.54 Å². The Kier molecular flexibility index (Phi) is 3.52. The van der Waals surface area contributed by atoms with Crippen LogP contribution in [-0.2, 0) is 0 Å². The molecule has 1 N–H and O–H groups in total. The van der Waals surface area contributed by atoms with Gasteiger partial charge in [0.2, 0.25) is 0 Å². The molecule has 14 heavy (non-hydrogen) atoms. The quantitative estimate of drug-likeness (QED) is 0.782. The van der Waals surface area contributed by atoms with Crippen LogP contribution in [0.5, 0.6) is 0 Å². The van der Waals surface area contributed by atoms with Gasteiger partial charge >= 0.3 is 5.69 Å². The van der Waals surface area contributed by atoms with Gasteiger partial charge in [0.05, 0.1) is 0 Å². The monoisotopic (exact) mass is 197 g/mol. The third-order valence-electron chi connectivity index (χ3n) is 2.36. The van der Waals surface area contributed by atoms with Gasteiger partial charge in [-0.1, -0.05) is 0 Å². The molecule has 0 spiro atoms. The summed E-state index contributed by atoms with van der Waals surface area (Å²) in [6.45, 7) is 6.85. The van der Waals surface area contributed by atoms with Crippen molar-refractivity contribution in [1.29, 1.82) is 0 Å². The van der Waals surface area contributed by atoms with Gasteiger partial charge in [-0.2, -0.15) is 0 Å². The lowest BCUT2D eigenvalue weighted by atomic mass is 10.3. The maximum Gasteiger partial charge on any atom is 0.328 e. The number of likely N-dealkylation sites (N-methyl/N-ethyl adjacent to an activating group) is 1. The highest BCUT2D eigenvalue weighted by Crippen LogP contribution is 2.04. The molecule has 1 aromatic heterocycles. The molecule has 1 atom stereocenters. The van der Waals surface area contributed by atoms with Crippen molar-refractivity contribution in [3.8, 4) is 0 Å². The smallest absolute Gasteiger partial charge is 0.318 e. The second-order valence-electron chi connectivity index (χ2n) is 3.90. The van der Waals surface area contributed by atoms with Crippen LogP contribution in [0.1, 0.15) is 32.9 Å². The first-order chi connectivity index (χ1) is 6.57. The molecule has 80 valence electrons. The summed E-state index contributed by atoms with van der Waals surface area (Å²) < 4.78 is 3.50. The van der Waals surface area contributed by atoms with E-state index in [0.29, 0.717) is 0 Å². The minimum Gasteiger partial charge on any atom is -0.318 e. The predicted octanol–water partition coefficient (Wildman–Crippen LogP) is 1.01. The summed E-state index contributed by atoms with van der Waals surface area (Å²) in [5.74, 6) is 0. The SMILES string of the molecule is CNCC(C)n1ccn(C(C)C)c1=O. The first-order valence-electron chi connectivity index (χ1n) is 5.01. The fraction of sp³-hybridized carbons (Fsp3) is 0.700. The maximum atomic E-state index is 11.8. The van der Waals surface area contributed by atoms with E-state index >= 15 is 0 Å². The molecule has 0 fully saturated rings. The van der Waals surface area contributed by atoms with Gasteiger partial charge in [0.25, 0.3) is 0 Å². The second-order valence-corrected chi connectivity index (χ2v) is 3.90. The Morgan fingerprint density at radius 1 is 1.29 bits per heavy atom. The summed E-state index contributed by atoms with van der Waals surface area (Å²) in [5.41, 5.74) is 0.0720. The van der Waals surface area contributed by atoms with Gasteiger partial charge in [0, 0.05) is 31.0 Å². The molecule has 1 heterocycles. The first kappa shape index (κ1) is 11.0. The van der Waals surface area contributed by atoms with Crippen LogP contribution in [0.4, 0.5) is 0 Å². The molecule has 0 aliphatic rings. The predicted molar refractivity (Wildman–Crippen MR) is 57.7 cm³/mol. The van der Waals surface area contributed by atoms with Crippen LogP contribution in [0, 0.1) is 0 Å². The lowest BCUT2D eigenvalue weighted by Crippen LogP contribution is -2.31. The Hall–Kier alpha value is -1.03. The molecule has 0 aromatic carbocycles. The third kappa shape index (κ3) is 2.07. The van der Waals surface area contributed by atoms with Crippen molar-refractivity contribution in [2.45, 2.75) is 32.9 Å². The highest BCUT2D eigenvalue weighted by molar-refractivity contribution is 4.86. The number of hydrogen-bond donors (Lipinski definition) is 1. The van der Waals surface area contributed by atoms with Crippen LogP contribution in [-0.4, -0.2) is 22.7 Å². The van der Waals surface area contributed by atoms with Gasteiger partial charge in [0.1, 0.15) is 0 Å². The van der Waals surface area contributed by atoms with Gasteiger partial charge in [-0.05, 0) is 27.8 Å². The van der Waals surface area contributed by atoms with Crippen LogP contribution in [0.25, 0.3) is 0 Å². The van der Waals surface area contributed by atoms with Gasteiger partial charge in [-0.15, -0.1) is 0 Å². The molecule has 1 aromatic rings. The molecule has 0 bridgehead atoms. The molecule has 4 heteroatoms. The van der Waals surface area contributed by atoms with Crippen LogP contribution < -0.4 is 11.0 Å². The molecule has 1 rings (SSSR count). The lowest BCUT2D eigenvalue weighted by molar-refractivity contribution is 0.480. The Morgan fingerprint density at radius 3 is 2.29 bits per heavy atom. The van der Waals surface area contributed by atoms with E-state index in [1.54, 1.807) is 9.13 Å². The molecular formula is C10H19N3O. The van der Waals surface area contributed by atoms with Crippen LogP contribution in [0.3, 0.4) is 0 Å². The van der Waals surface area contributed by atoms with E-state index in [1.807, 2.05) is 40.2 Å². The molecule has 0 amide bonds. The Labute approximate surface area is 84.5 Å². The lowest BCUT2D eigenvalue weighted by Gasteiger charge is -2.11. The average molecular weight is 197 g/mol. The van der Waals surface area contributed by atoms with Crippen molar-refractivity contribution in [3.63, 3.8) is 0 Å². The number of rotatable bonds is 4. The second kappa shape index (κ2) is 4.46. The van der Waals surface area contributed by atoms with Crippen molar-refractivity contribution in [2.24, 2.45) is 0 Å². The Balaban J connectivity index is 2.95.